The summed E-state index contributed by atoms with van der Waals surface area (Å²) < 4.78 is 42.5. The average molecular weight is 661 g/mol. The Bertz CT molecular complexity index is 1380. The molecule has 1 saturated heterocycles. The molecule has 1 aliphatic heterocycles. The van der Waals surface area contributed by atoms with Crippen molar-refractivity contribution in [3.8, 4) is 0 Å². The Morgan fingerprint density at radius 3 is 2.76 bits per heavy atom. The van der Waals surface area contributed by atoms with Gasteiger partial charge in [-0.3, -0.25) is 14.3 Å². The summed E-state index contributed by atoms with van der Waals surface area (Å²) >= 11 is 10.6. The van der Waals surface area contributed by atoms with E-state index in [0.29, 0.717) is 5.92 Å². The van der Waals surface area contributed by atoms with Crippen LogP contribution in [0.4, 0.5) is 10.3 Å². The normalized spacial score (nSPS) is 31.0. The molecule has 1 unspecified atom stereocenters. The minimum absolute atomic E-state index is 0.0286. The van der Waals surface area contributed by atoms with Gasteiger partial charge in [0.15, 0.2) is 38.0 Å². The van der Waals surface area contributed by atoms with Gasteiger partial charge >= 0.3 is 7.15 Å². The molecule has 234 valence electrons. The van der Waals surface area contributed by atoms with E-state index in [0.717, 1.165) is 25.7 Å². The van der Waals surface area contributed by atoms with E-state index in [1.165, 1.54) is 16.5 Å². The van der Waals surface area contributed by atoms with Crippen LogP contribution < -0.4 is 11.3 Å². The van der Waals surface area contributed by atoms with Gasteiger partial charge < -0.3 is 14.9 Å². The number of nitrogens with zero attached hydrogens (tertiary/aromatic N) is 3. The number of aromatic amines is 1. The molecule has 3 heterocycles. The van der Waals surface area contributed by atoms with Crippen LogP contribution in [0, 0.1) is 5.92 Å². The number of thiol groups is 1. The fourth-order valence-electron chi connectivity index (χ4n) is 5.12. The second-order valence-corrected chi connectivity index (χ2v) is 20.7. The monoisotopic (exact) mass is 660 g/mol. The highest BCUT2D eigenvalue weighted by Gasteiger charge is 2.53. The number of H-pyrrole nitrogens is 1. The van der Waals surface area contributed by atoms with Crippen molar-refractivity contribution in [2.45, 2.75) is 114 Å². The smallest absolute Gasteiger partial charge is 0.414 e. The number of allylic oxidation sites excluding steroid dienone is 1. The number of fused-ring (bicyclic) bond motifs is 1. The quantitative estimate of drug-likeness (QED) is 0.123. The van der Waals surface area contributed by atoms with Crippen molar-refractivity contribution < 1.29 is 22.6 Å². The van der Waals surface area contributed by atoms with Crippen molar-refractivity contribution >= 4 is 57.0 Å². The van der Waals surface area contributed by atoms with Crippen molar-refractivity contribution in [3.05, 3.63) is 28.8 Å². The number of halogens is 1. The number of imidazole rings is 1. The molecule has 0 aromatic carbocycles. The molecule has 0 radical (unpaired) electrons. The maximum Gasteiger partial charge on any atom is 0.522 e. The zero-order valence-corrected chi connectivity index (χ0v) is 29.0. The molecule has 2 aromatic heterocycles. The van der Waals surface area contributed by atoms with Gasteiger partial charge in [-0.1, -0.05) is 39.8 Å². The molecule has 0 spiro atoms. The molecule has 8 atom stereocenters. The third-order valence-corrected chi connectivity index (χ3v) is 15.4. The topological polar surface area (TPSA) is 127 Å². The lowest BCUT2D eigenvalue weighted by Gasteiger charge is -2.38. The van der Waals surface area contributed by atoms with Crippen molar-refractivity contribution in [1.82, 2.24) is 19.5 Å². The van der Waals surface area contributed by atoms with Crippen LogP contribution in [0.15, 0.2) is 23.3 Å². The Hall–Kier alpha value is -1.25. The largest absolute Gasteiger partial charge is 0.522 e. The predicted molar refractivity (Wildman–Crippen MR) is 173 cm³/mol. The second-order valence-electron chi connectivity index (χ2n) is 13.1. The van der Waals surface area contributed by atoms with Gasteiger partial charge in [-0.25, -0.2) is 9.37 Å². The number of nitrogens with two attached hydrogens (primary N) is 1. The van der Waals surface area contributed by atoms with Gasteiger partial charge in [-0.05, 0) is 56.7 Å². The molecule has 2 fully saturated rings. The van der Waals surface area contributed by atoms with E-state index in [1.807, 2.05) is 6.92 Å². The molecule has 2 aliphatic rings. The fraction of sp³-hybridized carbons (Fsp3) is 0.741. The molecular weight excluding hydrogens is 617 g/mol. The summed E-state index contributed by atoms with van der Waals surface area (Å²) in [5.74, 6) is 0.206. The van der Waals surface area contributed by atoms with E-state index in [-0.39, 0.29) is 34.9 Å². The second kappa shape index (κ2) is 12.6. The van der Waals surface area contributed by atoms with Gasteiger partial charge in [-0.15, -0.1) is 9.05 Å². The maximum absolute atomic E-state index is 16.3. The first-order valence-corrected chi connectivity index (χ1v) is 19.9. The van der Waals surface area contributed by atoms with Gasteiger partial charge in [0, 0.05) is 4.75 Å². The third kappa shape index (κ3) is 7.01. The highest BCUT2D eigenvalue weighted by molar-refractivity contribution is 8.00. The molecule has 15 heteroatoms. The Morgan fingerprint density at radius 1 is 1.43 bits per heavy atom. The van der Waals surface area contributed by atoms with E-state index >= 15 is 4.39 Å². The molecule has 3 N–H and O–H groups in total. The number of rotatable bonds is 10. The van der Waals surface area contributed by atoms with Gasteiger partial charge in [-0.2, -0.15) is 17.6 Å². The zero-order valence-electron chi connectivity index (χ0n) is 25.4. The first-order valence-electron chi connectivity index (χ1n) is 14.3. The molecule has 0 amide bonds. The lowest BCUT2D eigenvalue weighted by atomic mass is 9.76. The lowest BCUT2D eigenvalue weighted by Crippen LogP contribution is -2.44. The molecule has 10 nitrogen and oxygen atoms in total. The standard InChI is InChI=1S/C27H43FN5O5PS2Si/c1-9-15(2)16-10-11-27(6,40)18(12-16)37-39(41)38-21-17(13-35-42(7,8)26(3,4)5)36-24(19(21)28)33-14-30-20-22(33)31-25(29)32-23(20)34/h14,16-19,21,24H,2,9-13H2,1,3-8H3,(H3-,29,31,32,34,40)/p+1/t16-,17+,18+,19+,21+,24+,27+/m0/s1. The molecular formula is C27H44FN5O5PS2Si+. The van der Waals surface area contributed by atoms with Crippen molar-refractivity contribution in [2.24, 2.45) is 5.92 Å². The Morgan fingerprint density at radius 2 is 2.12 bits per heavy atom. The van der Waals surface area contributed by atoms with E-state index < -0.39 is 50.4 Å². The predicted octanol–water partition coefficient (Wildman–Crippen LogP) is 5.96. The molecule has 1 saturated carbocycles. The van der Waals surface area contributed by atoms with Gasteiger partial charge in [0.1, 0.15) is 12.2 Å². The third-order valence-electron chi connectivity index (χ3n) is 9.05. The van der Waals surface area contributed by atoms with E-state index in [1.54, 1.807) is 0 Å². The summed E-state index contributed by atoms with van der Waals surface area (Å²) in [5, 5.41) is -0.0652. The van der Waals surface area contributed by atoms with Crippen LogP contribution in [0.3, 0.4) is 0 Å². The maximum atomic E-state index is 16.3. The first-order chi connectivity index (χ1) is 19.4. The zero-order chi connectivity index (χ0) is 31.2. The molecule has 1 aliphatic carbocycles. The number of alkyl halides is 1. The molecule has 0 bridgehead atoms. The average Bonchev–Trinajstić information content (AvgIpc) is 3.43. The molecule has 42 heavy (non-hydrogen) atoms. The molecule has 4 rings (SSSR count). The van der Waals surface area contributed by atoms with Gasteiger partial charge in [0.25, 0.3) is 5.56 Å². The summed E-state index contributed by atoms with van der Waals surface area (Å²) in [4.78, 5) is 23.1. The van der Waals surface area contributed by atoms with Crippen LogP contribution in [-0.4, -0.2) is 63.7 Å². The lowest BCUT2D eigenvalue weighted by molar-refractivity contribution is -0.0413. The fourth-order valence-corrected chi connectivity index (χ4v) is 8.14. The number of nitrogens with one attached hydrogen (secondary N) is 1. The van der Waals surface area contributed by atoms with Crippen molar-refractivity contribution in [3.63, 3.8) is 0 Å². The van der Waals surface area contributed by atoms with E-state index in [4.69, 9.17) is 48.4 Å². The summed E-state index contributed by atoms with van der Waals surface area (Å²) in [7, 11) is -4.14. The van der Waals surface area contributed by atoms with Gasteiger partial charge in [0.05, 0.1) is 12.9 Å². The van der Waals surface area contributed by atoms with Crippen molar-refractivity contribution in [1.29, 1.82) is 0 Å². The SMILES string of the molecule is C=C(CC)[C@H]1CC[C@@](C)(S)[C@H](O[P+](=S)O[C@H]2[C@@H](F)[C@H](n3cnc4c(=O)[nH]c(N)nc43)O[C@@H]2CO[Si](C)(C)C(C)(C)C)C1. The Balaban J connectivity index is 1.58. The summed E-state index contributed by atoms with van der Waals surface area (Å²) in [6.45, 7) is 19.1. The van der Waals surface area contributed by atoms with Crippen LogP contribution >= 0.6 is 19.8 Å². The number of anilines is 1. The van der Waals surface area contributed by atoms with E-state index in [2.05, 4.69) is 62.3 Å². The van der Waals surface area contributed by atoms with Crippen LogP contribution in [0.2, 0.25) is 18.1 Å². The number of aromatic nitrogens is 4. The Kier molecular flexibility index (Phi) is 10.1. The minimum Gasteiger partial charge on any atom is -0.414 e. The van der Waals surface area contributed by atoms with Crippen LogP contribution in [0.1, 0.15) is 66.5 Å². The number of nitrogen functional groups attached to an aromatic ring is 1. The van der Waals surface area contributed by atoms with Gasteiger partial charge in [0.2, 0.25) is 17.8 Å². The Labute approximate surface area is 259 Å². The first kappa shape index (κ1) is 33.6. The van der Waals surface area contributed by atoms with E-state index in [9.17, 15) is 4.79 Å². The minimum atomic E-state index is -2.21. The van der Waals surface area contributed by atoms with Crippen LogP contribution in [-0.2, 0) is 30.0 Å². The number of ether oxygens (including phenoxy) is 1. The number of hydrogen-bond donors (Lipinski definition) is 3. The highest BCUT2D eigenvalue weighted by Crippen LogP contribution is 2.47. The summed E-state index contributed by atoms with van der Waals surface area (Å²) in [6, 6.07) is 0. The molecule has 2 aromatic rings. The number of hydrogen-bond acceptors (Lipinski definition) is 10. The summed E-state index contributed by atoms with van der Waals surface area (Å²) in [5.41, 5.74) is 6.57. The van der Waals surface area contributed by atoms with Crippen LogP contribution in [0.5, 0.6) is 0 Å². The highest BCUT2D eigenvalue weighted by atomic mass is 32.4. The van der Waals surface area contributed by atoms with Crippen molar-refractivity contribution in [2.75, 3.05) is 12.3 Å². The summed E-state index contributed by atoms with van der Waals surface area (Å²) in [6.07, 6.45) is -0.260. The van der Waals surface area contributed by atoms with Crippen LogP contribution in [0.25, 0.3) is 11.2 Å².